The van der Waals surface area contributed by atoms with Crippen LogP contribution in [0, 0.1) is 0 Å². The van der Waals surface area contributed by atoms with Crippen LogP contribution >= 0.6 is 0 Å². The summed E-state index contributed by atoms with van der Waals surface area (Å²) < 4.78 is 0. The number of carbonyl (C=O) groups excluding carboxylic acids is 2. The van der Waals surface area contributed by atoms with Crippen molar-refractivity contribution >= 4 is 35.1 Å². The largest absolute Gasteiger partial charge is 0.398 e. The van der Waals surface area contributed by atoms with Gasteiger partial charge in [-0.1, -0.05) is 60.7 Å². The van der Waals surface area contributed by atoms with E-state index in [2.05, 4.69) is 0 Å². The van der Waals surface area contributed by atoms with Crippen molar-refractivity contribution in [3.63, 3.8) is 0 Å². The second-order valence-electron chi connectivity index (χ2n) is 6.24. The minimum Gasteiger partial charge on any atom is -0.398 e. The number of ketones is 2. The maximum Gasteiger partial charge on any atom is 0.187 e. The summed E-state index contributed by atoms with van der Waals surface area (Å²) in [5, 5.41) is 0. The Labute approximate surface area is 163 Å². The zero-order chi connectivity index (χ0) is 19.9. The van der Waals surface area contributed by atoms with Gasteiger partial charge in [0.1, 0.15) is 0 Å². The van der Waals surface area contributed by atoms with Crippen LogP contribution in [0.5, 0.6) is 0 Å². The highest BCUT2D eigenvalue weighted by Crippen LogP contribution is 2.15. The lowest BCUT2D eigenvalue weighted by molar-refractivity contribution is 0.104. The summed E-state index contributed by atoms with van der Waals surface area (Å²) in [4.78, 5) is 24.4. The average molecular weight is 368 g/mol. The predicted octanol–water partition coefficient (Wildman–Crippen LogP) is 4.64. The SMILES string of the molecule is Nc1ccccc1C(=O)/C=C/c1ccc(/C=C/C(=O)c2ccccc2N)cc1. The lowest BCUT2D eigenvalue weighted by Crippen LogP contribution is -2.00. The van der Waals surface area contributed by atoms with Crippen molar-refractivity contribution in [3.05, 3.63) is 107 Å². The van der Waals surface area contributed by atoms with Gasteiger partial charge in [0.15, 0.2) is 11.6 Å². The summed E-state index contributed by atoms with van der Waals surface area (Å²) in [5.41, 5.74) is 15.3. The van der Waals surface area contributed by atoms with Crippen LogP contribution in [0.4, 0.5) is 11.4 Å². The smallest absolute Gasteiger partial charge is 0.187 e. The van der Waals surface area contributed by atoms with Gasteiger partial charge in [-0.05, 0) is 47.5 Å². The fraction of sp³-hybridized carbons (Fsp3) is 0. The second kappa shape index (κ2) is 8.64. The first-order valence-electron chi connectivity index (χ1n) is 8.78. The molecule has 0 heterocycles. The van der Waals surface area contributed by atoms with Crippen molar-refractivity contribution in [1.82, 2.24) is 0 Å². The number of anilines is 2. The van der Waals surface area contributed by atoms with Gasteiger partial charge in [-0.2, -0.15) is 0 Å². The Morgan fingerprint density at radius 2 is 0.929 bits per heavy atom. The number of rotatable bonds is 6. The van der Waals surface area contributed by atoms with E-state index < -0.39 is 0 Å². The Kier molecular flexibility index (Phi) is 5.82. The molecule has 4 N–H and O–H groups in total. The number of hydrogen-bond acceptors (Lipinski definition) is 4. The van der Waals surface area contributed by atoms with E-state index in [0.717, 1.165) is 11.1 Å². The van der Waals surface area contributed by atoms with E-state index in [1.165, 1.54) is 12.2 Å². The Morgan fingerprint density at radius 1 is 0.571 bits per heavy atom. The zero-order valence-electron chi connectivity index (χ0n) is 15.2. The van der Waals surface area contributed by atoms with Crippen LogP contribution in [0.25, 0.3) is 12.2 Å². The molecule has 0 radical (unpaired) electrons. The first-order chi connectivity index (χ1) is 13.5. The van der Waals surface area contributed by atoms with Crippen LogP contribution in [0.1, 0.15) is 31.8 Å². The molecule has 3 aromatic carbocycles. The molecule has 0 aliphatic rings. The van der Waals surface area contributed by atoms with E-state index in [0.29, 0.717) is 22.5 Å². The molecule has 4 heteroatoms. The molecule has 0 bridgehead atoms. The standard InChI is InChI=1S/C24H20N2O2/c25-21-7-3-1-5-19(21)23(27)15-13-17-9-11-18(12-10-17)14-16-24(28)20-6-2-4-8-22(20)26/h1-16H,25-26H2/b15-13+,16-14+. The van der Waals surface area contributed by atoms with Crippen LogP contribution in [-0.2, 0) is 0 Å². The van der Waals surface area contributed by atoms with Gasteiger partial charge in [0.2, 0.25) is 0 Å². The summed E-state index contributed by atoms with van der Waals surface area (Å²) in [6, 6.07) is 21.4. The molecule has 3 rings (SSSR count). The summed E-state index contributed by atoms with van der Waals surface area (Å²) >= 11 is 0. The number of carbonyl (C=O) groups is 2. The quantitative estimate of drug-likeness (QED) is 0.377. The highest BCUT2D eigenvalue weighted by molar-refractivity contribution is 6.10. The van der Waals surface area contributed by atoms with E-state index >= 15 is 0 Å². The van der Waals surface area contributed by atoms with Gasteiger partial charge in [0, 0.05) is 22.5 Å². The summed E-state index contributed by atoms with van der Waals surface area (Å²) in [6.07, 6.45) is 6.46. The topological polar surface area (TPSA) is 86.2 Å². The second-order valence-corrected chi connectivity index (χ2v) is 6.24. The molecule has 0 saturated carbocycles. The van der Waals surface area contributed by atoms with E-state index in [1.54, 1.807) is 60.7 Å². The third kappa shape index (κ3) is 4.62. The van der Waals surface area contributed by atoms with E-state index in [9.17, 15) is 9.59 Å². The molecule has 0 amide bonds. The third-order valence-corrected chi connectivity index (χ3v) is 4.24. The van der Waals surface area contributed by atoms with E-state index in [1.807, 2.05) is 24.3 Å². The molecule has 0 aromatic heterocycles. The highest BCUT2D eigenvalue weighted by atomic mass is 16.1. The van der Waals surface area contributed by atoms with Crippen LogP contribution in [0.2, 0.25) is 0 Å². The van der Waals surface area contributed by atoms with Gasteiger partial charge in [0.25, 0.3) is 0 Å². The van der Waals surface area contributed by atoms with Gasteiger partial charge >= 0.3 is 0 Å². The maximum absolute atomic E-state index is 12.2. The molecule has 0 aliphatic heterocycles. The molecular weight excluding hydrogens is 348 g/mol. The first-order valence-corrected chi connectivity index (χ1v) is 8.78. The minimum absolute atomic E-state index is 0.145. The molecule has 0 saturated heterocycles. The number of nitrogen functional groups attached to an aromatic ring is 2. The normalized spacial score (nSPS) is 11.1. The Morgan fingerprint density at radius 3 is 1.29 bits per heavy atom. The minimum atomic E-state index is -0.145. The molecule has 4 nitrogen and oxygen atoms in total. The lowest BCUT2D eigenvalue weighted by atomic mass is 10.1. The van der Waals surface area contributed by atoms with E-state index in [-0.39, 0.29) is 11.6 Å². The van der Waals surface area contributed by atoms with Crippen LogP contribution in [0.3, 0.4) is 0 Å². The number of hydrogen-bond donors (Lipinski definition) is 2. The molecule has 0 aliphatic carbocycles. The average Bonchev–Trinajstić information content (AvgIpc) is 2.71. The fourth-order valence-electron chi connectivity index (χ4n) is 2.68. The van der Waals surface area contributed by atoms with Gasteiger partial charge in [0.05, 0.1) is 0 Å². The van der Waals surface area contributed by atoms with Crippen LogP contribution in [-0.4, -0.2) is 11.6 Å². The monoisotopic (exact) mass is 368 g/mol. The Bertz CT molecular complexity index is 977. The van der Waals surface area contributed by atoms with Crippen LogP contribution < -0.4 is 11.5 Å². The zero-order valence-corrected chi connectivity index (χ0v) is 15.2. The summed E-state index contributed by atoms with van der Waals surface area (Å²) in [7, 11) is 0. The van der Waals surface area contributed by atoms with E-state index in [4.69, 9.17) is 11.5 Å². The van der Waals surface area contributed by atoms with Crippen molar-refractivity contribution in [2.24, 2.45) is 0 Å². The molecule has 28 heavy (non-hydrogen) atoms. The number of benzene rings is 3. The number of para-hydroxylation sites is 2. The van der Waals surface area contributed by atoms with Crippen molar-refractivity contribution in [2.75, 3.05) is 11.5 Å². The fourth-order valence-corrected chi connectivity index (χ4v) is 2.68. The summed E-state index contributed by atoms with van der Waals surface area (Å²) in [5.74, 6) is -0.291. The molecule has 0 fully saturated rings. The van der Waals surface area contributed by atoms with Crippen molar-refractivity contribution in [1.29, 1.82) is 0 Å². The third-order valence-electron chi connectivity index (χ3n) is 4.24. The Hall–Kier alpha value is -3.92. The predicted molar refractivity (Wildman–Crippen MR) is 115 cm³/mol. The number of nitrogens with two attached hydrogens (primary N) is 2. The van der Waals surface area contributed by atoms with Crippen molar-refractivity contribution in [2.45, 2.75) is 0 Å². The number of allylic oxidation sites excluding steroid dienone is 2. The molecule has 0 unspecified atom stereocenters. The molecule has 0 spiro atoms. The highest BCUT2D eigenvalue weighted by Gasteiger charge is 2.06. The molecule has 0 atom stereocenters. The van der Waals surface area contributed by atoms with Gasteiger partial charge in [-0.15, -0.1) is 0 Å². The van der Waals surface area contributed by atoms with Gasteiger partial charge in [-0.3, -0.25) is 9.59 Å². The Balaban J connectivity index is 1.67. The maximum atomic E-state index is 12.2. The first kappa shape index (κ1) is 18.9. The van der Waals surface area contributed by atoms with Crippen molar-refractivity contribution in [3.8, 4) is 0 Å². The van der Waals surface area contributed by atoms with Crippen LogP contribution in [0.15, 0.2) is 84.9 Å². The molecule has 138 valence electrons. The molecular formula is C24H20N2O2. The van der Waals surface area contributed by atoms with Gasteiger partial charge < -0.3 is 11.5 Å². The lowest BCUT2D eigenvalue weighted by Gasteiger charge is -2.01. The van der Waals surface area contributed by atoms with Gasteiger partial charge in [-0.25, -0.2) is 0 Å². The molecule has 3 aromatic rings. The van der Waals surface area contributed by atoms with Crippen molar-refractivity contribution < 1.29 is 9.59 Å². The summed E-state index contributed by atoms with van der Waals surface area (Å²) in [6.45, 7) is 0.